The summed E-state index contributed by atoms with van der Waals surface area (Å²) in [6.07, 6.45) is 4.41. The zero-order valence-corrected chi connectivity index (χ0v) is 20.6. The van der Waals surface area contributed by atoms with Crippen LogP contribution in [0.15, 0.2) is 45.8 Å². The highest BCUT2D eigenvalue weighted by atomic mass is 16.5. The van der Waals surface area contributed by atoms with Gasteiger partial charge in [0.05, 0.1) is 38.1 Å². The Labute approximate surface area is 213 Å². The second-order valence-electron chi connectivity index (χ2n) is 8.86. The third-order valence-electron chi connectivity index (χ3n) is 6.45. The first-order chi connectivity index (χ1) is 18.0. The molecule has 0 bridgehead atoms. The van der Waals surface area contributed by atoms with Crippen LogP contribution in [-0.2, 0) is 9.53 Å². The minimum Gasteiger partial charge on any atom is -0.493 e. The molecule has 192 valence electrons. The van der Waals surface area contributed by atoms with E-state index in [2.05, 4.69) is 15.0 Å². The molecule has 2 aliphatic rings. The maximum absolute atomic E-state index is 13.0. The van der Waals surface area contributed by atoms with Gasteiger partial charge in [-0.2, -0.15) is 0 Å². The Hall–Kier alpha value is -4.34. The van der Waals surface area contributed by atoms with Crippen molar-refractivity contribution in [3.63, 3.8) is 0 Å². The SMILES string of the molecule is COC(=O)c1cc2cc(NC(=O)CCCOc3cc4c(cc3OC)C(=O)N3CCC[C@H]3C=N4)ccc2o1. The Kier molecular flexibility index (Phi) is 6.80. The minimum atomic E-state index is -0.563. The zero-order chi connectivity index (χ0) is 25.9. The molecule has 0 aliphatic carbocycles. The van der Waals surface area contributed by atoms with Gasteiger partial charge in [-0.1, -0.05) is 0 Å². The number of rotatable bonds is 8. The molecule has 0 spiro atoms. The largest absolute Gasteiger partial charge is 0.493 e. The number of methoxy groups -OCH3 is 2. The van der Waals surface area contributed by atoms with Crippen molar-refractivity contribution in [2.24, 2.45) is 4.99 Å². The minimum absolute atomic E-state index is 0.0258. The van der Waals surface area contributed by atoms with Crippen LogP contribution in [0.2, 0.25) is 0 Å². The van der Waals surface area contributed by atoms with Gasteiger partial charge >= 0.3 is 5.97 Å². The van der Waals surface area contributed by atoms with E-state index in [4.69, 9.17) is 13.9 Å². The van der Waals surface area contributed by atoms with E-state index in [1.165, 1.54) is 14.2 Å². The predicted molar refractivity (Wildman–Crippen MR) is 136 cm³/mol. The fraction of sp³-hybridized carbons (Fsp3) is 0.333. The average Bonchev–Trinajstić information content (AvgIpc) is 3.53. The highest BCUT2D eigenvalue weighted by molar-refractivity contribution is 6.03. The van der Waals surface area contributed by atoms with Gasteiger partial charge in [-0.3, -0.25) is 14.6 Å². The molecule has 10 nitrogen and oxygen atoms in total. The van der Waals surface area contributed by atoms with Crippen molar-refractivity contribution in [3.8, 4) is 11.5 Å². The molecule has 1 saturated heterocycles. The van der Waals surface area contributed by atoms with E-state index in [1.807, 2.05) is 11.1 Å². The number of esters is 1. The van der Waals surface area contributed by atoms with Gasteiger partial charge in [-0.15, -0.1) is 0 Å². The zero-order valence-electron chi connectivity index (χ0n) is 20.6. The van der Waals surface area contributed by atoms with Crippen LogP contribution in [0.5, 0.6) is 11.5 Å². The molecule has 10 heteroatoms. The lowest BCUT2D eigenvalue weighted by Crippen LogP contribution is -2.35. The van der Waals surface area contributed by atoms with Crippen molar-refractivity contribution in [2.75, 3.05) is 32.7 Å². The van der Waals surface area contributed by atoms with Crippen LogP contribution in [0, 0.1) is 0 Å². The summed E-state index contributed by atoms with van der Waals surface area (Å²) in [4.78, 5) is 43.5. The van der Waals surface area contributed by atoms with Crippen LogP contribution in [0.3, 0.4) is 0 Å². The van der Waals surface area contributed by atoms with Crippen LogP contribution >= 0.6 is 0 Å². The highest BCUT2D eigenvalue weighted by Crippen LogP contribution is 2.38. The lowest BCUT2D eigenvalue weighted by Gasteiger charge is -2.20. The molecule has 1 N–H and O–H groups in total. The molecule has 0 unspecified atom stereocenters. The smallest absolute Gasteiger partial charge is 0.373 e. The lowest BCUT2D eigenvalue weighted by atomic mass is 10.1. The molecule has 1 aromatic heterocycles. The molecular formula is C27H27N3O7. The summed E-state index contributed by atoms with van der Waals surface area (Å²) in [6.45, 7) is 1.00. The highest BCUT2D eigenvalue weighted by Gasteiger charge is 2.32. The maximum atomic E-state index is 13.0. The van der Waals surface area contributed by atoms with Gasteiger partial charge in [0, 0.05) is 36.3 Å². The fourth-order valence-corrected chi connectivity index (χ4v) is 4.58. The molecule has 1 fully saturated rings. The second-order valence-corrected chi connectivity index (χ2v) is 8.86. The average molecular weight is 506 g/mol. The first-order valence-corrected chi connectivity index (χ1v) is 12.1. The summed E-state index contributed by atoms with van der Waals surface area (Å²) in [5.41, 5.74) is 2.16. The van der Waals surface area contributed by atoms with Crippen molar-refractivity contribution in [1.29, 1.82) is 0 Å². The molecule has 2 aromatic carbocycles. The van der Waals surface area contributed by atoms with Crippen LogP contribution in [0.4, 0.5) is 11.4 Å². The van der Waals surface area contributed by atoms with E-state index in [0.29, 0.717) is 45.8 Å². The molecule has 5 rings (SSSR count). The van der Waals surface area contributed by atoms with E-state index in [0.717, 1.165) is 19.4 Å². The van der Waals surface area contributed by atoms with E-state index in [9.17, 15) is 14.4 Å². The Morgan fingerprint density at radius 3 is 2.84 bits per heavy atom. The second kappa shape index (κ2) is 10.3. The number of ether oxygens (including phenoxy) is 3. The molecule has 1 atom stereocenters. The monoisotopic (exact) mass is 505 g/mol. The van der Waals surface area contributed by atoms with E-state index in [1.54, 1.807) is 36.4 Å². The third-order valence-corrected chi connectivity index (χ3v) is 6.45. The summed E-state index contributed by atoms with van der Waals surface area (Å²) in [6, 6.07) is 10.1. The number of hydrogen-bond acceptors (Lipinski definition) is 8. The number of nitrogens with one attached hydrogen (secondary N) is 1. The van der Waals surface area contributed by atoms with Gasteiger partial charge in [-0.05, 0) is 49.6 Å². The van der Waals surface area contributed by atoms with Gasteiger partial charge in [0.2, 0.25) is 11.7 Å². The Bertz CT molecular complexity index is 1390. The van der Waals surface area contributed by atoms with Crippen LogP contribution in [-0.4, -0.2) is 62.3 Å². The van der Waals surface area contributed by atoms with Gasteiger partial charge in [-0.25, -0.2) is 4.79 Å². The Balaban J connectivity index is 1.18. The quantitative estimate of drug-likeness (QED) is 0.357. The van der Waals surface area contributed by atoms with Crippen molar-refractivity contribution < 1.29 is 33.0 Å². The number of amides is 2. The van der Waals surface area contributed by atoms with Crippen molar-refractivity contribution in [1.82, 2.24) is 4.90 Å². The van der Waals surface area contributed by atoms with E-state index < -0.39 is 5.97 Å². The standard InChI is InChI=1S/C27H27N3O7/c1-34-22-13-19-20(28-15-18-5-3-9-30(18)26(19)32)14-23(22)36-10-4-6-25(31)29-17-7-8-21-16(11-17)12-24(37-21)27(33)35-2/h7-8,11-15,18H,3-6,9-10H2,1-2H3,(H,29,31)/t18-/m0/s1. The van der Waals surface area contributed by atoms with Gasteiger partial charge in [0.1, 0.15) is 5.58 Å². The predicted octanol–water partition coefficient (Wildman–Crippen LogP) is 4.35. The van der Waals surface area contributed by atoms with E-state index in [-0.39, 0.29) is 36.6 Å². The lowest BCUT2D eigenvalue weighted by molar-refractivity contribution is -0.116. The van der Waals surface area contributed by atoms with Gasteiger partial charge in [0.15, 0.2) is 11.5 Å². The van der Waals surface area contributed by atoms with Crippen LogP contribution in [0.1, 0.15) is 46.6 Å². The Morgan fingerprint density at radius 1 is 1.16 bits per heavy atom. The molecule has 37 heavy (non-hydrogen) atoms. The number of benzene rings is 2. The fourth-order valence-electron chi connectivity index (χ4n) is 4.58. The maximum Gasteiger partial charge on any atom is 0.373 e. The molecule has 0 radical (unpaired) electrons. The summed E-state index contributed by atoms with van der Waals surface area (Å²) in [5.74, 6) is 0.231. The summed E-state index contributed by atoms with van der Waals surface area (Å²) >= 11 is 0. The van der Waals surface area contributed by atoms with Crippen molar-refractivity contribution in [2.45, 2.75) is 31.7 Å². The molecule has 2 amide bonds. The topological polar surface area (TPSA) is 120 Å². The van der Waals surface area contributed by atoms with Crippen molar-refractivity contribution in [3.05, 3.63) is 47.7 Å². The normalized spacial score (nSPS) is 16.2. The number of furan rings is 1. The summed E-state index contributed by atoms with van der Waals surface area (Å²) < 4.78 is 21.5. The third kappa shape index (κ3) is 5.00. The summed E-state index contributed by atoms with van der Waals surface area (Å²) in [5, 5.41) is 3.52. The van der Waals surface area contributed by atoms with Gasteiger partial charge < -0.3 is 28.8 Å². The van der Waals surface area contributed by atoms with Crippen LogP contribution in [0.25, 0.3) is 11.0 Å². The number of carbonyl (C=O) groups is 3. The molecule has 0 saturated carbocycles. The number of carbonyl (C=O) groups excluding carboxylic acids is 3. The van der Waals surface area contributed by atoms with E-state index >= 15 is 0 Å². The number of anilines is 1. The summed E-state index contributed by atoms with van der Waals surface area (Å²) in [7, 11) is 2.81. The first kappa shape index (κ1) is 24.4. The first-order valence-electron chi connectivity index (χ1n) is 12.1. The molecule has 3 aromatic rings. The number of fused-ring (bicyclic) bond motifs is 3. The Morgan fingerprint density at radius 2 is 2.03 bits per heavy atom. The number of nitrogens with zero attached hydrogens (tertiary/aromatic N) is 2. The molecule has 3 heterocycles. The molecule has 2 aliphatic heterocycles. The number of aliphatic imine (C=N–C) groups is 1. The molecular weight excluding hydrogens is 478 g/mol. The number of hydrogen-bond donors (Lipinski definition) is 1. The van der Waals surface area contributed by atoms with Crippen LogP contribution < -0.4 is 14.8 Å². The van der Waals surface area contributed by atoms with Crippen molar-refractivity contribution >= 4 is 46.3 Å². The van der Waals surface area contributed by atoms with Gasteiger partial charge in [0.25, 0.3) is 5.91 Å².